The van der Waals surface area contributed by atoms with Gasteiger partial charge in [0.1, 0.15) is 0 Å². The van der Waals surface area contributed by atoms with Gasteiger partial charge >= 0.3 is 7.82 Å². The minimum atomic E-state index is -3.28. The molecule has 0 fully saturated rings. The van der Waals surface area contributed by atoms with Crippen molar-refractivity contribution in [3.63, 3.8) is 0 Å². The van der Waals surface area contributed by atoms with Crippen LogP contribution in [0.4, 0.5) is 0 Å². The molecule has 4 nitrogen and oxygen atoms in total. The molecule has 0 spiro atoms. The molecule has 5 heteroatoms. The zero-order chi connectivity index (χ0) is 8.04. The van der Waals surface area contributed by atoms with Crippen LogP contribution in [0.25, 0.3) is 0 Å². The van der Waals surface area contributed by atoms with Crippen molar-refractivity contribution in [2.75, 3.05) is 14.2 Å². The Morgan fingerprint density at radius 2 is 1.80 bits per heavy atom. The Kier molecular flexibility index (Phi) is 4.36. The summed E-state index contributed by atoms with van der Waals surface area (Å²) in [6.07, 6.45) is 2.85. The molecule has 0 heterocycles. The Bertz CT molecular complexity index is 146. The predicted molar refractivity (Wildman–Crippen MR) is 37.5 cm³/mol. The van der Waals surface area contributed by atoms with Crippen LogP contribution in [0.5, 0.6) is 0 Å². The number of allylic oxidation sites excluding steroid dienone is 1. The summed E-state index contributed by atoms with van der Waals surface area (Å²) in [5.74, 6) is 0. The fourth-order valence-corrected chi connectivity index (χ4v) is 0.888. The molecule has 60 valence electrons. The molecule has 0 saturated heterocycles. The van der Waals surface area contributed by atoms with Gasteiger partial charge in [-0.15, -0.1) is 0 Å². The van der Waals surface area contributed by atoms with Crippen LogP contribution in [0.2, 0.25) is 0 Å². The summed E-state index contributed by atoms with van der Waals surface area (Å²) in [7, 11) is -0.769. The van der Waals surface area contributed by atoms with E-state index in [1.165, 1.54) is 20.5 Å². The molecule has 0 radical (unpaired) electrons. The molecule has 0 N–H and O–H groups in total. The maximum absolute atomic E-state index is 11.0. The van der Waals surface area contributed by atoms with E-state index in [1.54, 1.807) is 13.0 Å². The maximum atomic E-state index is 11.0. The van der Waals surface area contributed by atoms with Gasteiger partial charge in [0.25, 0.3) is 0 Å². The predicted octanol–water partition coefficient (Wildman–Crippen LogP) is 1.94. The zero-order valence-corrected chi connectivity index (χ0v) is 7.13. The number of hydrogen-bond donors (Lipinski definition) is 0. The summed E-state index contributed by atoms with van der Waals surface area (Å²) < 4.78 is 24.5. The molecular weight excluding hydrogens is 155 g/mol. The Balaban J connectivity index is 3.94. The van der Waals surface area contributed by atoms with Gasteiger partial charge in [-0.2, -0.15) is 0 Å². The molecule has 0 unspecified atom stereocenters. The molecular formula is C5H11O4P. The molecule has 0 aromatic carbocycles. The summed E-state index contributed by atoms with van der Waals surface area (Å²) in [6, 6.07) is 0. The Hall–Kier alpha value is -0.310. The molecule has 0 bridgehead atoms. The van der Waals surface area contributed by atoms with E-state index in [2.05, 4.69) is 13.6 Å². The number of phosphoric acid groups is 1. The molecule has 0 amide bonds. The Morgan fingerprint density at radius 3 is 2.10 bits per heavy atom. The van der Waals surface area contributed by atoms with Gasteiger partial charge in [0.2, 0.25) is 0 Å². The third kappa shape index (κ3) is 3.01. The summed E-state index contributed by atoms with van der Waals surface area (Å²) in [5.41, 5.74) is 0. The quantitative estimate of drug-likeness (QED) is 0.472. The minimum absolute atomic E-state index is 1.26. The first kappa shape index (κ1) is 9.69. The average Bonchev–Trinajstić information content (AvgIpc) is 2.00. The van der Waals surface area contributed by atoms with Crippen LogP contribution in [-0.4, -0.2) is 14.2 Å². The van der Waals surface area contributed by atoms with E-state index in [9.17, 15) is 4.57 Å². The number of hydrogen-bond acceptors (Lipinski definition) is 4. The molecule has 0 aliphatic carbocycles. The molecule has 0 saturated carbocycles. The van der Waals surface area contributed by atoms with E-state index in [0.717, 1.165) is 0 Å². The minimum Gasteiger partial charge on any atom is -0.412 e. The molecule has 0 atom stereocenters. The largest absolute Gasteiger partial charge is 0.528 e. The fourth-order valence-electron chi connectivity index (χ4n) is 0.296. The highest BCUT2D eigenvalue weighted by molar-refractivity contribution is 7.48. The highest BCUT2D eigenvalue weighted by atomic mass is 31.2. The second-order valence-corrected chi connectivity index (χ2v) is 3.22. The van der Waals surface area contributed by atoms with Crippen LogP contribution in [0, 0.1) is 0 Å². The van der Waals surface area contributed by atoms with E-state index in [0.29, 0.717) is 0 Å². The maximum Gasteiger partial charge on any atom is 0.528 e. The summed E-state index contributed by atoms with van der Waals surface area (Å²) >= 11 is 0. The first-order valence-electron chi connectivity index (χ1n) is 2.69. The highest BCUT2D eigenvalue weighted by Crippen LogP contribution is 2.47. The third-order valence-electron chi connectivity index (χ3n) is 0.773. The van der Waals surface area contributed by atoms with Crippen molar-refractivity contribution in [3.05, 3.63) is 12.3 Å². The first-order chi connectivity index (χ1) is 4.68. The second-order valence-electron chi connectivity index (χ2n) is 1.39. The average molecular weight is 166 g/mol. The zero-order valence-electron chi connectivity index (χ0n) is 6.23. The van der Waals surface area contributed by atoms with Crippen LogP contribution in [-0.2, 0) is 18.1 Å². The summed E-state index contributed by atoms with van der Waals surface area (Å²) in [4.78, 5) is 0. The first-order valence-corrected chi connectivity index (χ1v) is 4.15. The van der Waals surface area contributed by atoms with Crippen LogP contribution in [0.3, 0.4) is 0 Å². The van der Waals surface area contributed by atoms with Gasteiger partial charge in [0.15, 0.2) is 0 Å². The lowest BCUT2D eigenvalue weighted by molar-refractivity contribution is 0.193. The van der Waals surface area contributed by atoms with Crippen molar-refractivity contribution in [3.8, 4) is 0 Å². The van der Waals surface area contributed by atoms with Crippen LogP contribution in [0.1, 0.15) is 6.92 Å². The molecule has 0 aliphatic heterocycles. The van der Waals surface area contributed by atoms with Gasteiger partial charge in [0, 0.05) is 14.2 Å². The lowest BCUT2D eigenvalue weighted by atomic mass is 10.8. The van der Waals surface area contributed by atoms with Crippen LogP contribution >= 0.6 is 7.82 Å². The normalized spacial score (nSPS) is 12.3. The van der Waals surface area contributed by atoms with Crippen molar-refractivity contribution in [2.45, 2.75) is 6.92 Å². The van der Waals surface area contributed by atoms with Gasteiger partial charge < -0.3 is 4.52 Å². The van der Waals surface area contributed by atoms with Gasteiger partial charge in [-0.3, -0.25) is 9.05 Å². The summed E-state index contributed by atoms with van der Waals surface area (Å²) in [5, 5.41) is 0. The van der Waals surface area contributed by atoms with Crippen LogP contribution < -0.4 is 0 Å². The highest BCUT2D eigenvalue weighted by Gasteiger charge is 2.21. The lowest BCUT2D eigenvalue weighted by Gasteiger charge is -2.09. The smallest absolute Gasteiger partial charge is 0.412 e. The summed E-state index contributed by atoms with van der Waals surface area (Å²) in [6.45, 7) is 1.73. The van der Waals surface area contributed by atoms with Crippen molar-refractivity contribution in [1.82, 2.24) is 0 Å². The molecule has 0 aliphatic rings. The third-order valence-corrected chi connectivity index (χ3v) is 2.05. The monoisotopic (exact) mass is 166 g/mol. The topological polar surface area (TPSA) is 44.8 Å². The van der Waals surface area contributed by atoms with Gasteiger partial charge in [-0.25, -0.2) is 4.57 Å². The van der Waals surface area contributed by atoms with Crippen molar-refractivity contribution in [1.29, 1.82) is 0 Å². The van der Waals surface area contributed by atoms with E-state index >= 15 is 0 Å². The van der Waals surface area contributed by atoms with E-state index in [1.807, 2.05) is 0 Å². The SMILES string of the molecule is C/C=C/OP(=O)(OC)OC. The van der Waals surface area contributed by atoms with E-state index < -0.39 is 7.82 Å². The number of phosphoric ester groups is 1. The molecule has 10 heavy (non-hydrogen) atoms. The molecule has 0 aromatic heterocycles. The van der Waals surface area contributed by atoms with Crippen molar-refractivity contribution in [2.24, 2.45) is 0 Å². The molecule has 0 rings (SSSR count). The van der Waals surface area contributed by atoms with Crippen molar-refractivity contribution >= 4 is 7.82 Å². The van der Waals surface area contributed by atoms with Crippen LogP contribution in [0.15, 0.2) is 12.3 Å². The van der Waals surface area contributed by atoms with E-state index in [-0.39, 0.29) is 0 Å². The number of rotatable bonds is 4. The standard InChI is InChI=1S/C5H11O4P/c1-4-5-9-10(6,7-2)8-3/h4-5H,1-3H3/b5-4+. The molecule has 0 aromatic rings. The van der Waals surface area contributed by atoms with Gasteiger partial charge in [-0.05, 0) is 6.92 Å². The fraction of sp³-hybridized carbons (Fsp3) is 0.600. The Labute approximate surface area is 60.4 Å². The van der Waals surface area contributed by atoms with Gasteiger partial charge in [-0.1, -0.05) is 6.08 Å². The van der Waals surface area contributed by atoms with Gasteiger partial charge in [0.05, 0.1) is 6.26 Å². The second kappa shape index (κ2) is 4.50. The van der Waals surface area contributed by atoms with Crippen molar-refractivity contribution < 1.29 is 18.1 Å². The lowest BCUT2D eigenvalue weighted by Crippen LogP contribution is -1.88. The Morgan fingerprint density at radius 1 is 1.30 bits per heavy atom. The van der Waals surface area contributed by atoms with E-state index in [4.69, 9.17) is 0 Å².